The van der Waals surface area contributed by atoms with Crippen LogP contribution in [0.4, 0.5) is 4.79 Å². The van der Waals surface area contributed by atoms with Crippen LogP contribution in [0, 0.1) is 11.8 Å². The predicted octanol–water partition coefficient (Wildman–Crippen LogP) is 2.90. The maximum atomic E-state index is 12.0. The Morgan fingerprint density at radius 2 is 1.78 bits per heavy atom. The van der Waals surface area contributed by atoms with Gasteiger partial charge >= 0.3 is 12.1 Å². The first kappa shape index (κ1) is 18.0. The monoisotopic (exact) mass is 327 g/mol. The number of aliphatic carboxylic acids is 1. The zero-order chi connectivity index (χ0) is 17.0. The molecule has 0 radical (unpaired) electrons. The summed E-state index contributed by atoms with van der Waals surface area (Å²) in [6, 6.07) is 0. The molecule has 2 fully saturated rings. The highest BCUT2D eigenvalue weighted by atomic mass is 16.6. The van der Waals surface area contributed by atoms with Crippen LogP contribution in [0.25, 0.3) is 0 Å². The van der Waals surface area contributed by atoms with E-state index in [0.717, 1.165) is 19.3 Å². The van der Waals surface area contributed by atoms with Crippen LogP contribution in [-0.4, -0.2) is 53.5 Å². The SMILES string of the molecule is CC(C)(C)OC(=O)N1CC[C@@H](COC2CCC(C(=O)O)CC2)C1. The molecule has 1 aliphatic carbocycles. The first-order valence-corrected chi connectivity index (χ1v) is 8.57. The van der Waals surface area contributed by atoms with Crippen molar-refractivity contribution in [2.75, 3.05) is 19.7 Å². The molecule has 23 heavy (non-hydrogen) atoms. The molecule has 2 rings (SSSR count). The van der Waals surface area contributed by atoms with Crippen LogP contribution in [0.1, 0.15) is 52.9 Å². The van der Waals surface area contributed by atoms with Gasteiger partial charge in [0.1, 0.15) is 5.60 Å². The number of hydrogen-bond acceptors (Lipinski definition) is 4. The molecule has 0 aromatic carbocycles. The van der Waals surface area contributed by atoms with Crippen molar-refractivity contribution in [3.8, 4) is 0 Å². The van der Waals surface area contributed by atoms with Gasteiger partial charge in [-0.1, -0.05) is 0 Å². The summed E-state index contributed by atoms with van der Waals surface area (Å²) < 4.78 is 11.3. The van der Waals surface area contributed by atoms with E-state index in [1.165, 1.54) is 0 Å². The van der Waals surface area contributed by atoms with Crippen molar-refractivity contribution in [2.24, 2.45) is 11.8 Å². The Hall–Kier alpha value is -1.30. The minimum Gasteiger partial charge on any atom is -0.481 e. The number of nitrogens with zero attached hydrogens (tertiary/aromatic N) is 1. The number of likely N-dealkylation sites (tertiary alicyclic amines) is 1. The number of carboxylic acid groups (broad SMARTS) is 1. The molecular formula is C17H29NO5. The first-order chi connectivity index (χ1) is 10.7. The zero-order valence-corrected chi connectivity index (χ0v) is 14.4. The molecule has 2 aliphatic rings. The van der Waals surface area contributed by atoms with E-state index in [4.69, 9.17) is 14.6 Å². The average Bonchev–Trinajstić information content (AvgIpc) is 2.93. The molecule has 0 unspecified atom stereocenters. The lowest BCUT2D eigenvalue weighted by atomic mass is 9.87. The van der Waals surface area contributed by atoms with Gasteiger partial charge in [0.2, 0.25) is 0 Å². The topological polar surface area (TPSA) is 76.1 Å². The lowest BCUT2D eigenvalue weighted by Gasteiger charge is -2.27. The fraction of sp³-hybridized carbons (Fsp3) is 0.882. The number of hydrogen-bond donors (Lipinski definition) is 1. The Morgan fingerprint density at radius 3 is 2.35 bits per heavy atom. The second-order valence-electron chi connectivity index (χ2n) is 7.73. The van der Waals surface area contributed by atoms with Crippen LogP contribution in [0.2, 0.25) is 0 Å². The molecule has 0 spiro atoms. The minimum atomic E-state index is -0.688. The van der Waals surface area contributed by atoms with E-state index in [9.17, 15) is 9.59 Å². The van der Waals surface area contributed by atoms with Crippen molar-refractivity contribution in [2.45, 2.75) is 64.6 Å². The fourth-order valence-electron chi connectivity index (χ4n) is 3.21. The molecule has 6 nitrogen and oxygen atoms in total. The summed E-state index contributed by atoms with van der Waals surface area (Å²) in [6.45, 7) is 7.65. The lowest BCUT2D eigenvalue weighted by molar-refractivity contribution is -0.143. The van der Waals surface area contributed by atoms with E-state index in [0.29, 0.717) is 38.5 Å². The maximum absolute atomic E-state index is 12.0. The third-order valence-corrected chi connectivity index (χ3v) is 4.53. The summed E-state index contributed by atoms with van der Waals surface area (Å²) in [5.41, 5.74) is -0.464. The van der Waals surface area contributed by atoms with Gasteiger partial charge < -0.3 is 19.5 Å². The van der Waals surface area contributed by atoms with E-state index < -0.39 is 11.6 Å². The molecule has 0 aromatic heterocycles. The Morgan fingerprint density at radius 1 is 1.13 bits per heavy atom. The molecule has 6 heteroatoms. The van der Waals surface area contributed by atoms with Crippen LogP contribution in [0.5, 0.6) is 0 Å². The van der Waals surface area contributed by atoms with Crippen LogP contribution < -0.4 is 0 Å². The van der Waals surface area contributed by atoms with E-state index in [-0.39, 0.29) is 18.1 Å². The Bertz CT molecular complexity index is 423. The molecular weight excluding hydrogens is 298 g/mol. The normalized spacial score (nSPS) is 28.7. The Kier molecular flexibility index (Phi) is 5.89. The van der Waals surface area contributed by atoms with Crippen LogP contribution >= 0.6 is 0 Å². The van der Waals surface area contributed by atoms with Gasteiger partial charge in [0.15, 0.2) is 0 Å². The second kappa shape index (κ2) is 7.51. The summed E-state index contributed by atoms with van der Waals surface area (Å²) in [6.07, 6.45) is 3.90. The highest BCUT2D eigenvalue weighted by Gasteiger charge is 2.31. The molecule has 1 aliphatic heterocycles. The molecule has 1 amide bonds. The van der Waals surface area contributed by atoms with Gasteiger partial charge in [-0.3, -0.25) is 4.79 Å². The maximum Gasteiger partial charge on any atom is 0.410 e. The predicted molar refractivity (Wildman–Crippen MR) is 85.2 cm³/mol. The number of carbonyl (C=O) groups excluding carboxylic acids is 1. The van der Waals surface area contributed by atoms with Crippen molar-refractivity contribution in [1.82, 2.24) is 4.90 Å². The van der Waals surface area contributed by atoms with Crippen molar-refractivity contribution in [3.63, 3.8) is 0 Å². The number of ether oxygens (including phenoxy) is 2. The summed E-state index contributed by atoms with van der Waals surface area (Å²) in [5.74, 6) is -0.545. The molecule has 0 aromatic rings. The van der Waals surface area contributed by atoms with Crippen LogP contribution in [-0.2, 0) is 14.3 Å². The first-order valence-electron chi connectivity index (χ1n) is 8.57. The van der Waals surface area contributed by atoms with E-state index >= 15 is 0 Å². The minimum absolute atomic E-state index is 0.168. The summed E-state index contributed by atoms with van der Waals surface area (Å²) in [5, 5.41) is 9.00. The second-order valence-corrected chi connectivity index (χ2v) is 7.73. The molecule has 0 bridgehead atoms. The lowest BCUT2D eigenvalue weighted by Crippen LogP contribution is -2.35. The number of rotatable bonds is 4. The van der Waals surface area contributed by atoms with Gasteiger partial charge in [-0.05, 0) is 52.9 Å². The van der Waals surface area contributed by atoms with Gasteiger partial charge in [0.25, 0.3) is 0 Å². The molecule has 132 valence electrons. The van der Waals surface area contributed by atoms with Gasteiger partial charge in [0.05, 0.1) is 18.6 Å². The van der Waals surface area contributed by atoms with Crippen molar-refractivity contribution < 1.29 is 24.2 Å². The third-order valence-electron chi connectivity index (χ3n) is 4.53. The largest absolute Gasteiger partial charge is 0.481 e. The Balaban J connectivity index is 1.66. The quantitative estimate of drug-likeness (QED) is 0.859. The van der Waals surface area contributed by atoms with Crippen molar-refractivity contribution in [3.05, 3.63) is 0 Å². The molecule has 1 saturated carbocycles. The van der Waals surface area contributed by atoms with E-state index in [1.54, 1.807) is 4.90 Å². The molecule has 1 atom stereocenters. The van der Waals surface area contributed by atoms with Gasteiger partial charge in [-0.2, -0.15) is 0 Å². The fourth-order valence-corrected chi connectivity index (χ4v) is 3.21. The standard InChI is InChI=1S/C17H29NO5/c1-17(2,3)23-16(21)18-9-8-12(10-18)11-22-14-6-4-13(5-7-14)15(19)20/h12-14H,4-11H2,1-3H3,(H,19,20)/t12-,13?,14?/m1/s1. The van der Waals surface area contributed by atoms with E-state index in [1.807, 2.05) is 20.8 Å². The molecule has 1 heterocycles. The van der Waals surface area contributed by atoms with Gasteiger partial charge in [-0.25, -0.2) is 4.79 Å². The number of carbonyl (C=O) groups is 2. The van der Waals surface area contributed by atoms with Crippen LogP contribution in [0.15, 0.2) is 0 Å². The zero-order valence-electron chi connectivity index (χ0n) is 14.4. The average molecular weight is 327 g/mol. The third kappa shape index (κ3) is 5.68. The van der Waals surface area contributed by atoms with E-state index in [2.05, 4.69) is 0 Å². The Labute approximate surface area is 138 Å². The summed E-state index contributed by atoms with van der Waals surface area (Å²) in [4.78, 5) is 24.7. The van der Waals surface area contributed by atoms with Crippen molar-refractivity contribution >= 4 is 12.1 Å². The van der Waals surface area contributed by atoms with Gasteiger partial charge in [0, 0.05) is 19.0 Å². The summed E-state index contributed by atoms with van der Waals surface area (Å²) in [7, 11) is 0. The molecule has 1 saturated heterocycles. The summed E-state index contributed by atoms with van der Waals surface area (Å²) >= 11 is 0. The number of amides is 1. The smallest absolute Gasteiger partial charge is 0.410 e. The highest BCUT2D eigenvalue weighted by Crippen LogP contribution is 2.28. The van der Waals surface area contributed by atoms with Crippen molar-refractivity contribution in [1.29, 1.82) is 0 Å². The van der Waals surface area contributed by atoms with Crippen LogP contribution in [0.3, 0.4) is 0 Å². The number of carboxylic acids is 1. The van der Waals surface area contributed by atoms with Gasteiger partial charge in [-0.15, -0.1) is 0 Å². The highest BCUT2D eigenvalue weighted by molar-refractivity contribution is 5.70. The molecule has 1 N–H and O–H groups in total.